The Bertz CT molecular complexity index is 634. The third kappa shape index (κ3) is 3.35. The molecule has 24 heavy (non-hydrogen) atoms. The van der Waals surface area contributed by atoms with Gasteiger partial charge in [-0.15, -0.1) is 0 Å². The van der Waals surface area contributed by atoms with E-state index in [0.29, 0.717) is 0 Å². The van der Waals surface area contributed by atoms with Crippen molar-refractivity contribution in [2.45, 2.75) is 71.0 Å². The summed E-state index contributed by atoms with van der Waals surface area (Å²) in [6.07, 6.45) is 9.19. The minimum Gasteiger partial charge on any atom is -0.491 e. The van der Waals surface area contributed by atoms with Gasteiger partial charge in [-0.05, 0) is 70.2 Å². The molecule has 1 aromatic carbocycles. The average Bonchev–Trinajstić information content (AvgIpc) is 3.12. The van der Waals surface area contributed by atoms with Crippen LogP contribution in [0.25, 0.3) is 5.76 Å². The summed E-state index contributed by atoms with van der Waals surface area (Å²) in [5, 5.41) is 0.794. The Morgan fingerprint density at radius 1 is 1.21 bits per heavy atom. The summed E-state index contributed by atoms with van der Waals surface area (Å²) < 4.78 is 12.2. The zero-order chi connectivity index (χ0) is 17.2. The molecule has 1 saturated carbocycles. The second-order valence-corrected chi connectivity index (χ2v) is 7.42. The fourth-order valence-electron chi connectivity index (χ4n) is 3.64. The monoisotopic (exact) mass is 346 g/mol. The fourth-order valence-corrected chi connectivity index (χ4v) is 4.04. The highest BCUT2D eigenvalue weighted by Gasteiger charge is 2.47. The van der Waals surface area contributed by atoms with E-state index in [1.54, 1.807) is 0 Å². The SMILES string of the molecule is CCC/C=C1\C(Cl)=C(c2ccc(OC(C)C)cc2)OC12CCCC2. The van der Waals surface area contributed by atoms with E-state index in [2.05, 4.69) is 13.0 Å². The van der Waals surface area contributed by atoms with Crippen molar-refractivity contribution in [1.29, 1.82) is 0 Å². The highest BCUT2D eigenvalue weighted by molar-refractivity contribution is 6.35. The third-order valence-electron chi connectivity index (χ3n) is 4.76. The topological polar surface area (TPSA) is 18.5 Å². The van der Waals surface area contributed by atoms with Crippen molar-refractivity contribution < 1.29 is 9.47 Å². The fraction of sp³-hybridized carbons (Fsp3) is 0.524. The summed E-state index contributed by atoms with van der Waals surface area (Å²) in [5.41, 5.74) is 2.05. The molecule has 130 valence electrons. The van der Waals surface area contributed by atoms with Gasteiger partial charge in [0.15, 0.2) is 0 Å². The molecule has 0 amide bonds. The molecule has 2 aliphatic rings. The first-order chi connectivity index (χ1) is 11.6. The molecule has 0 N–H and O–H groups in total. The molecule has 1 aliphatic heterocycles. The van der Waals surface area contributed by atoms with Crippen LogP contribution in [-0.4, -0.2) is 11.7 Å². The van der Waals surface area contributed by atoms with Crippen LogP contribution in [-0.2, 0) is 4.74 Å². The van der Waals surface area contributed by atoms with Crippen molar-refractivity contribution in [3.63, 3.8) is 0 Å². The standard InChI is InChI=1S/C21H27ClO2/c1-4-5-8-18-19(22)20(24-21(18)13-6-7-14-21)16-9-11-17(12-10-16)23-15(2)3/h8-12,15H,4-7,13-14H2,1-3H3/b18-8+. The lowest BCUT2D eigenvalue weighted by Gasteiger charge is -2.26. The lowest BCUT2D eigenvalue weighted by Crippen LogP contribution is -2.26. The number of ether oxygens (including phenoxy) is 2. The summed E-state index contributed by atoms with van der Waals surface area (Å²) >= 11 is 6.76. The van der Waals surface area contributed by atoms with Crippen LogP contribution in [0.2, 0.25) is 0 Å². The second-order valence-electron chi connectivity index (χ2n) is 7.04. The van der Waals surface area contributed by atoms with E-state index in [-0.39, 0.29) is 11.7 Å². The number of allylic oxidation sites excluding steroid dienone is 1. The quantitative estimate of drug-likeness (QED) is 0.609. The lowest BCUT2D eigenvalue weighted by molar-refractivity contribution is 0.100. The summed E-state index contributed by atoms with van der Waals surface area (Å²) in [4.78, 5) is 0. The molecule has 0 saturated heterocycles. The molecule has 0 unspecified atom stereocenters. The first-order valence-electron chi connectivity index (χ1n) is 9.12. The smallest absolute Gasteiger partial charge is 0.146 e. The zero-order valence-electron chi connectivity index (χ0n) is 14.9. The number of halogens is 1. The van der Waals surface area contributed by atoms with Gasteiger partial charge < -0.3 is 9.47 Å². The van der Waals surface area contributed by atoms with Crippen LogP contribution in [0.15, 0.2) is 40.9 Å². The molecule has 0 aromatic heterocycles. The van der Waals surface area contributed by atoms with Crippen molar-refractivity contribution in [2.75, 3.05) is 0 Å². The predicted octanol–water partition coefficient (Wildman–Crippen LogP) is 6.45. The maximum atomic E-state index is 6.76. The van der Waals surface area contributed by atoms with Gasteiger partial charge in [-0.3, -0.25) is 0 Å². The summed E-state index contributed by atoms with van der Waals surface area (Å²) in [6.45, 7) is 6.25. The molecule has 1 heterocycles. The van der Waals surface area contributed by atoms with Crippen molar-refractivity contribution >= 4 is 17.4 Å². The molecule has 1 spiro atoms. The molecule has 1 aliphatic carbocycles. The third-order valence-corrected chi connectivity index (χ3v) is 5.14. The maximum absolute atomic E-state index is 6.76. The van der Waals surface area contributed by atoms with Crippen LogP contribution in [0.1, 0.15) is 64.9 Å². The van der Waals surface area contributed by atoms with Crippen LogP contribution in [0, 0.1) is 0 Å². The van der Waals surface area contributed by atoms with Crippen LogP contribution < -0.4 is 4.74 Å². The molecular weight excluding hydrogens is 320 g/mol. The van der Waals surface area contributed by atoms with Gasteiger partial charge in [-0.25, -0.2) is 0 Å². The minimum absolute atomic E-state index is 0.173. The van der Waals surface area contributed by atoms with Gasteiger partial charge >= 0.3 is 0 Å². The molecule has 1 fully saturated rings. The Balaban J connectivity index is 1.90. The van der Waals surface area contributed by atoms with E-state index in [1.807, 2.05) is 38.1 Å². The van der Waals surface area contributed by atoms with Crippen molar-refractivity contribution in [1.82, 2.24) is 0 Å². The molecule has 0 bridgehead atoms. The largest absolute Gasteiger partial charge is 0.491 e. The van der Waals surface area contributed by atoms with E-state index >= 15 is 0 Å². The summed E-state index contributed by atoms with van der Waals surface area (Å²) in [5.74, 6) is 1.71. The maximum Gasteiger partial charge on any atom is 0.146 e. The highest BCUT2D eigenvalue weighted by Crippen LogP contribution is 2.53. The second kappa shape index (κ2) is 7.23. The zero-order valence-corrected chi connectivity index (χ0v) is 15.7. The van der Waals surface area contributed by atoms with Crippen molar-refractivity contribution in [3.05, 3.63) is 46.5 Å². The molecule has 0 atom stereocenters. The van der Waals surface area contributed by atoms with Gasteiger partial charge in [0.25, 0.3) is 0 Å². The van der Waals surface area contributed by atoms with Crippen LogP contribution in [0.5, 0.6) is 5.75 Å². The Hall–Kier alpha value is -1.41. The Kier molecular flexibility index (Phi) is 5.24. The van der Waals surface area contributed by atoms with Crippen molar-refractivity contribution in [2.24, 2.45) is 0 Å². The molecule has 3 heteroatoms. The van der Waals surface area contributed by atoms with E-state index < -0.39 is 0 Å². The average molecular weight is 347 g/mol. The number of hydrogen-bond donors (Lipinski definition) is 0. The van der Waals surface area contributed by atoms with Gasteiger partial charge in [-0.1, -0.05) is 31.0 Å². The minimum atomic E-state index is -0.186. The van der Waals surface area contributed by atoms with Gasteiger partial charge in [0.05, 0.1) is 11.1 Å². The van der Waals surface area contributed by atoms with Crippen molar-refractivity contribution in [3.8, 4) is 5.75 Å². The van der Waals surface area contributed by atoms with E-state index in [4.69, 9.17) is 21.1 Å². The molecule has 3 rings (SSSR count). The number of hydrogen-bond acceptors (Lipinski definition) is 2. The highest BCUT2D eigenvalue weighted by atomic mass is 35.5. The Morgan fingerprint density at radius 2 is 1.88 bits per heavy atom. The summed E-state index contributed by atoms with van der Waals surface area (Å²) in [6, 6.07) is 8.07. The van der Waals surface area contributed by atoms with E-state index in [0.717, 1.165) is 47.8 Å². The molecule has 2 nitrogen and oxygen atoms in total. The summed E-state index contributed by atoms with van der Waals surface area (Å²) in [7, 11) is 0. The lowest BCUT2D eigenvalue weighted by atomic mass is 9.91. The Labute approximate surface area is 150 Å². The number of rotatable bonds is 5. The predicted molar refractivity (Wildman–Crippen MR) is 100 cm³/mol. The van der Waals surface area contributed by atoms with Gasteiger partial charge in [-0.2, -0.15) is 0 Å². The van der Waals surface area contributed by atoms with Gasteiger partial charge in [0.1, 0.15) is 17.1 Å². The first-order valence-corrected chi connectivity index (χ1v) is 9.50. The normalized spacial score (nSPS) is 21.1. The molecular formula is C21H27ClO2. The molecule has 1 aromatic rings. The van der Waals surface area contributed by atoms with Gasteiger partial charge in [0, 0.05) is 11.1 Å². The number of unbranched alkanes of at least 4 members (excludes halogenated alkanes) is 1. The number of benzene rings is 1. The first kappa shape index (κ1) is 17.4. The van der Waals surface area contributed by atoms with Gasteiger partial charge in [0.2, 0.25) is 0 Å². The van der Waals surface area contributed by atoms with E-state index in [1.165, 1.54) is 18.4 Å². The molecule has 0 radical (unpaired) electrons. The van der Waals surface area contributed by atoms with Crippen LogP contribution >= 0.6 is 11.6 Å². The van der Waals surface area contributed by atoms with Crippen LogP contribution in [0.3, 0.4) is 0 Å². The Morgan fingerprint density at radius 3 is 2.46 bits per heavy atom. The van der Waals surface area contributed by atoms with E-state index in [9.17, 15) is 0 Å². The van der Waals surface area contributed by atoms with Crippen LogP contribution in [0.4, 0.5) is 0 Å².